The van der Waals surface area contributed by atoms with Crippen molar-refractivity contribution >= 4 is 15.9 Å². The molecule has 1 fully saturated rings. The van der Waals surface area contributed by atoms with Crippen molar-refractivity contribution in [3.05, 3.63) is 34.1 Å². The molecule has 0 spiro atoms. The zero-order valence-corrected chi connectivity index (χ0v) is 12.3. The molecule has 1 heterocycles. The highest BCUT2D eigenvalue weighted by Gasteiger charge is 2.25. The van der Waals surface area contributed by atoms with E-state index in [-0.39, 0.29) is 5.82 Å². The lowest BCUT2D eigenvalue weighted by Crippen LogP contribution is -2.43. The fourth-order valence-corrected chi connectivity index (χ4v) is 2.97. The highest BCUT2D eigenvalue weighted by molar-refractivity contribution is 9.10. The summed E-state index contributed by atoms with van der Waals surface area (Å²) in [6.07, 6.45) is 2.34. The van der Waals surface area contributed by atoms with Crippen molar-refractivity contribution in [2.75, 3.05) is 13.1 Å². The molecular weight excluding hydrogens is 295 g/mol. The Balaban J connectivity index is 2.09. The predicted octanol–water partition coefficient (Wildman–Crippen LogP) is 3.15. The quantitative estimate of drug-likeness (QED) is 0.928. The number of halogens is 2. The molecule has 2 atom stereocenters. The summed E-state index contributed by atoms with van der Waals surface area (Å²) in [5.74, 6) is 0.427. The highest BCUT2D eigenvalue weighted by atomic mass is 79.9. The van der Waals surface area contributed by atoms with Crippen LogP contribution in [0.2, 0.25) is 0 Å². The Labute approximate surface area is 116 Å². The van der Waals surface area contributed by atoms with Gasteiger partial charge in [-0.05, 0) is 50.4 Å². The van der Waals surface area contributed by atoms with Gasteiger partial charge in [0, 0.05) is 29.2 Å². The first-order valence-corrected chi connectivity index (χ1v) is 7.27. The number of piperidine rings is 1. The molecule has 1 aliphatic heterocycles. The summed E-state index contributed by atoms with van der Waals surface area (Å²) in [4.78, 5) is 2.34. The van der Waals surface area contributed by atoms with Gasteiger partial charge in [-0.3, -0.25) is 4.90 Å². The summed E-state index contributed by atoms with van der Waals surface area (Å²) in [5.41, 5.74) is 6.51. The molecule has 2 unspecified atom stereocenters. The molecule has 2 N–H and O–H groups in total. The third-order valence-electron chi connectivity index (χ3n) is 3.82. The average Bonchev–Trinajstić information content (AvgIpc) is 2.36. The van der Waals surface area contributed by atoms with E-state index in [9.17, 15) is 4.39 Å². The van der Waals surface area contributed by atoms with Crippen LogP contribution in [0.5, 0.6) is 0 Å². The summed E-state index contributed by atoms with van der Waals surface area (Å²) in [7, 11) is 0. The van der Waals surface area contributed by atoms with Gasteiger partial charge in [-0.15, -0.1) is 0 Å². The van der Waals surface area contributed by atoms with E-state index >= 15 is 0 Å². The van der Waals surface area contributed by atoms with E-state index < -0.39 is 0 Å². The van der Waals surface area contributed by atoms with Crippen LogP contribution < -0.4 is 5.73 Å². The number of rotatable bonds is 3. The normalized spacial score (nSPS) is 25.3. The molecule has 0 radical (unpaired) electrons. The van der Waals surface area contributed by atoms with Crippen molar-refractivity contribution in [1.82, 2.24) is 4.90 Å². The average molecular weight is 315 g/mol. The minimum Gasteiger partial charge on any atom is -0.330 e. The van der Waals surface area contributed by atoms with Crippen LogP contribution in [0.1, 0.15) is 25.3 Å². The second-order valence-corrected chi connectivity index (χ2v) is 6.11. The number of likely N-dealkylation sites (tertiary alicyclic amines) is 1. The van der Waals surface area contributed by atoms with Crippen LogP contribution in [-0.2, 0) is 6.54 Å². The smallest absolute Gasteiger partial charge is 0.127 e. The Kier molecular flexibility index (Phi) is 4.76. The molecule has 1 aromatic carbocycles. The Morgan fingerprint density at radius 2 is 2.22 bits per heavy atom. The molecule has 0 aliphatic carbocycles. The third-order valence-corrected chi connectivity index (χ3v) is 4.32. The Bertz CT molecular complexity index is 411. The molecule has 2 nitrogen and oxygen atoms in total. The molecule has 2 rings (SSSR count). The summed E-state index contributed by atoms with van der Waals surface area (Å²) < 4.78 is 14.7. The van der Waals surface area contributed by atoms with Crippen molar-refractivity contribution < 1.29 is 4.39 Å². The van der Waals surface area contributed by atoms with Crippen molar-refractivity contribution in [3.8, 4) is 0 Å². The molecule has 0 bridgehead atoms. The molecule has 0 aromatic heterocycles. The fraction of sp³-hybridized carbons (Fsp3) is 0.571. The van der Waals surface area contributed by atoms with Gasteiger partial charge in [-0.25, -0.2) is 4.39 Å². The maximum absolute atomic E-state index is 13.8. The van der Waals surface area contributed by atoms with E-state index in [1.807, 2.05) is 6.07 Å². The third kappa shape index (κ3) is 3.31. The monoisotopic (exact) mass is 314 g/mol. The lowest BCUT2D eigenvalue weighted by Gasteiger charge is -2.37. The first-order chi connectivity index (χ1) is 8.60. The molecule has 1 aromatic rings. The fourth-order valence-electron chi connectivity index (χ4n) is 2.56. The van der Waals surface area contributed by atoms with Gasteiger partial charge in [0.15, 0.2) is 0 Å². The lowest BCUT2D eigenvalue weighted by molar-refractivity contribution is 0.112. The lowest BCUT2D eigenvalue weighted by atomic mass is 9.93. The molecule has 1 saturated heterocycles. The van der Waals surface area contributed by atoms with Gasteiger partial charge in [0.1, 0.15) is 5.82 Å². The van der Waals surface area contributed by atoms with Crippen molar-refractivity contribution in [2.24, 2.45) is 11.7 Å². The first kappa shape index (κ1) is 14.0. The maximum Gasteiger partial charge on any atom is 0.127 e. The SMILES string of the molecule is CC1CCC(CN)CN1Cc1cc(Br)ccc1F. The predicted molar refractivity (Wildman–Crippen MR) is 75.8 cm³/mol. The van der Waals surface area contributed by atoms with Crippen molar-refractivity contribution in [3.63, 3.8) is 0 Å². The van der Waals surface area contributed by atoms with E-state index in [0.717, 1.165) is 29.5 Å². The summed E-state index contributed by atoms with van der Waals surface area (Å²) in [6.45, 7) is 4.58. The zero-order valence-electron chi connectivity index (χ0n) is 10.7. The van der Waals surface area contributed by atoms with Crippen LogP contribution in [0.15, 0.2) is 22.7 Å². The maximum atomic E-state index is 13.8. The van der Waals surface area contributed by atoms with Gasteiger partial charge in [0.2, 0.25) is 0 Å². The van der Waals surface area contributed by atoms with Gasteiger partial charge < -0.3 is 5.73 Å². The highest BCUT2D eigenvalue weighted by Crippen LogP contribution is 2.25. The molecule has 18 heavy (non-hydrogen) atoms. The van der Waals surface area contributed by atoms with Crippen molar-refractivity contribution in [1.29, 1.82) is 0 Å². The van der Waals surface area contributed by atoms with E-state index in [4.69, 9.17) is 5.73 Å². The van der Waals surface area contributed by atoms with E-state index in [1.54, 1.807) is 6.07 Å². The molecule has 1 aliphatic rings. The summed E-state index contributed by atoms with van der Waals surface area (Å²) in [5, 5.41) is 0. The Morgan fingerprint density at radius 1 is 1.44 bits per heavy atom. The molecule has 100 valence electrons. The van der Waals surface area contributed by atoms with E-state index in [1.165, 1.54) is 12.5 Å². The summed E-state index contributed by atoms with van der Waals surface area (Å²) in [6, 6.07) is 5.63. The largest absolute Gasteiger partial charge is 0.330 e. The second kappa shape index (κ2) is 6.13. The van der Waals surface area contributed by atoms with Crippen LogP contribution in [-0.4, -0.2) is 24.0 Å². The number of nitrogens with zero attached hydrogens (tertiary/aromatic N) is 1. The topological polar surface area (TPSA) is 29.3 Å². The van der Waals surface area contributed by atoms with Crippen molar-refractivity contribution in [2.45, 2.75) is 32.4 Å². The molecular formula is C14H20BrFN2. The minimum absolute atomic E-state index is 0.125. The standard InChI is InChI=1S/C14H20BrFN2/c1-10-2-3-11(7-17)8-18(10)9-12-6-13(15)4-5-14(12)16/h4-6,10-11H,2-3,7-9,17H2,1H3. The van der Waals surface area contributed by atoms with Gasteiger partial charge in [-0.1, -0.05) is 15.9 Å². The Hall–Kier alpha value is -0.450. The minimum atomic E-state index is -0.125. The summed E-state index contributed by atoms with van der Waals surface area (Å²) >= 11 is 3.40. The number of benzene rings is 1. The van der Waals surface area contributed by atoms with E-state index in [2.05, 4.69) is 27.8 Å². The zero-order chi connectivity index (χ0) is 13.1. The van der Waals surface area contributed by atoms with Crippen LogP contribution in [0.3, 0.4) is 0 Å². The second-order valence-electron chi connectivity index (χ2n) is 5.19. The van der Waals surface area contributed by atoms with Gasteiger partial charge in [-0.2, -0.15) is 0 Å². The van der Waals surface area contributed by atoms with Crippen LogP contribution in [0.25, 0.3) is 0 Å². The van der Waals surface area contributed by atoms with Crippen LogP contribution in [0.4, 0.5) is 4.39 Å². The number of nitrogens with two attached hydrogens (primary N) is 1. The van der Waals surface area contributed by atoms with Crippen LogP contribution in [0, 0.1) is 11.7 Å². The van der Waals surface area contributed by atoms with Gasteiger partial charge in [0.05, 0.1) is 0 Å². The van der Waals surface area contributed by atoms with Crippen LogP contribution >= 0.6 is 15.9 Å². The van der Waals surface area contributed by atoms with Gasteiger partial charge in [0.25, 0.3) is 0 Å². The molecule has 0 amide bonds. The molecule has 4 heteroatoms. The number of hydrogen-bond donors (Lipinski definition) is 1. The van der Waals surface area contributed by atoms with Gasteiger partial charge >= 0.3 is 0 Å². The number of hydrogen-bond acceptors (Lipinski definition) is 2. The Morgan fingerprint density at radius 3 is 2.94 bits per heavy atom. The van der Waals surface area contributed by atoms with E-state index in [0.29, 0.717) is 18.5 Å². The first-order valence-electron chi connectivity index (χ1n) is 6.48. The molecule has 0 saturated carbocycles.